The molecule has 0 bridgehead atoms. The Kier molecular flexibility index (Phi) is 5.72. The predicted molar refractivity (Wildman–Crippen MR) is 109 cm³/mol. The molecule has 6 N–H and O–H groups in total. The Balaban J connectivity index is 2.04. The minimum Gasteiger partial charge on any atom is -0.480 e. The van der Waals surface area contributed by atoms with E-state index < -0.39 is 17.9 Å². The van der Waals surface area contributed by atoms with Crippen LogP contribution in [0.25, 0.3) is 10.9 Å². The van der Waals surface area contributed by atoms with Crippen molar-refractivity contribution in [3.8, 4) is 5.88 Å². The molecular weight excluding hydrogens is 374 g/mol. The zero-order valence-corrected chi connectivity index (χ0v) is 16.0. The van der Waals surface area contributed by atoms with Crippen molar-refractivity contribution in [2.45, 2.75) is 19.4 Å². The average molecular weight is 395 g/mol. The van der Waals surface area contributed by atoms with Crippen molar-refractivity contribution >= 4 is 40.2 Å². The summed E-state index contributed by atoms with van der Waals surface area (Å²) in [5, 5.41) is 6.81. The minimum atomic E-state index is -0.764. The molecule has 0 radical (unpaired) electrons. The molecule has 2 amide bonds. The van der Waals surface area contributed by atoms with Crippen LogP contribution in [-0.2, 0) is 4.79 Å². The van der Waals surface area contributed by atoms with Crippen LogP contribution in [0.15, 0.2) is 36.5 Å². The van der Waals surface area contributed by atoms with Gasteiger partial charge < -0.3 is 26.8 Å². The van der Waals surface area contributed by atoms with E-state index in [1.807, 2.05) is 24.3 Å². The Hall–Kier alpha value is -3.95. The fourth-order valence-corrected chi connectivity index (χ4v) is 2.79. The van der Waals surface area contributed by atoms with Crippen molar-refractivity contribution in [2.75, 3.05) is 17.7 Å². The summed E-state index contributed by atoms with van der Waals surface area (Å²) in [6, 6.07) is 8.53. The van der Waals surface area contributed by atoms with Gasteiger partial charge in [0.2, 0.25) is 17.7 Å². The number of nitrogens with zero attached hydrogens (tertiary/aromatic N) is 3. The fourth-order valence-electron chi connectivity index (χ4n) is 2.79. The molecule has 1 aromatic carbocycles. The highest BCUT2D eigenvalue weighted by atomic mass is 16.5. The minimum absolute atomic E-state index is 0.0172. The van der Waals surface area contributed by atoms with E-state index in [2.05, 4.69) is 25.6 Å². The van der Waals surface area contributed by atoms with Crippen LogP contribution in [0.1, 0.15) is 23.7 Å². The van der Waals surface area contributed by atoms with E-state index in [1.165, 1.54) is 7.11 Å². The van der Waals surface area contributed by atoms with Crippen molar-refractivity contribution in [3.05, 3.63) is 42.1 Å². The summed E-state index contributed by atoms with van der Waals surface area (Å²) in [6.45, 7) is 1.79. The summed E-state index contributed by atoms with van der Waals surface area (Å²) < 4.78 is 5.21. The number of carbonyl (C=O) groups excluding carboxylic acids is 2. The molecule has 29 heavy (non-hydrogen) atoms. The van der Waals surface area contributed by atoms with Gasteiger partial charge in [-0.05, 0) is 30.7 Å². The average Bonchev–Trinajstić information content (AvgIpc) is 2.71. The van der Waals surface area contributed by atoms with E-state index in [-0.39, 0.29) is 23.2 Å². The van der Waals surface area contributed by atoms with E-state index in [0.29, 0.717) is 12.1 Å². The van der Waals surface area contributed by atoms with Gasteiger partial charge in [0.15, 0.2) is 5.82 Å². The third-order valence-corrected chi connectivity index (χ3v) is 4.24. The molecule has 0 fully saturated rings. The lowest BCUT2D eigenvalue weighted by molar-refractivity contribution is -0.118. The fraction of sp³-hybridized carbons (Fsp3) is 0.211. The number of benzene rings is 1. The SMILES string of the molecule is CC[C@@H](Nc1nc(Nc2ccc3ncccc3c2)c(C(N)=O)c(OC)n1)C(N)=O. The Labute approximate surface area is 166 Å². The van der Waals surface area contributed by atoms with Crippen LogP contribution in [0.4, 0.5) is 17.5 Å². The Morgan fingerprint density at radius 3 is 2.66 bits per heavy atom. The maximum Gasteiger partial charge on any atom is 0.258 e. The first-order valence-corrected chi connectivity index (χ1v) is 8.86. The molecule has 2 aromatic heterocycles. The van der Waals surface area contributed by atoms with E-state index in [4.69, 9.17) is 16.2 Å². The van der Waals surface area contributed by atoms with Gasteiger partial charge in [-0.15, -0.1) is 0 Å². The first-order valence-electron chi connectivity index (χ1n) is 8.86. The van der Waals surface area contributed by atoms with Crippen molar-refractivity contribution in [3.63, 3.8) is 0 Å². The molecule has 2 heterocycles. The smallest absolute Gasteiger partial charge is 0.258 e. The molecule has 3 aromatic rings. The number of anilines is 3. The van der Waals surface area contributed by atoms with Crippen LogP contribution < -0.4 is 26.8 Å². The number of ether oxygens (including phenoxy) is 1. The van der Waals surface area contributed by atoms with Gasteiger partial charge in [-0.3, -0.25) is 14.6 Å². The maximum absolute atomic E-state index is 12.0. The number of carbonyl (C=O) groups is 2. The van der Waals surface area contributed by atoms with Gasteiger partial charge in [-0.2, -0.15) is 9.97 Å². The van der Waals surface area contributed by atoms with E-state index in [1.54, 1.807) is 19.2 Å². The lowest BCUT2D eigenvalue weighted by atomic mass is 10.2. The topological polar surface area (TPSA) is 158 Å². The van der Waals surface area contributed by atoms with Crippen LogP contribution in [0.2, 0.25) is 0 Å². The van der Waals surface area contributed by atoms with Gasteiger partial charge in [0.1, 0.15) is 11.6 Å². The van der Waals surface area contributed by atoms with Gasteiger partial charge in [-0.1, -0.05) is 13.0 Å². The number of methoxy groups -OCH3 is 1. The van der Waals surface area contributed by atoms with Gasteiger partial charge in [0.05, 0.1) is 12.6 Å². The van der Waals surface area contributed by atoms with Crippen LogP contribution in [0, 0.1) is 0 Å². The Morgan fingerprint density at radius 2 is 2.00 bits per heavy atom. The monoisotopic (exact) mass is 395 g/mol. The molecule has 0 aliphatic heterocycles. The normalized spacial score (nSPS) is 11.7. The summed E-state index contributed by atoms with van der Waals surface area (Å²) in [4.78, 5) is 36.3. The largest absolute Gasteiger partial charge is 0.480 e. The van der Waals surface area contributed by atoms with Crippen molar-refractivity contribution in [1.82, 2.24) is 15.0 Å². The molecular formula is C19H21N7O3. The molecule has 150 valence electrons. The summed E-state index contributed by atoms with van der Waals surface area (Å²) in [6.07, 6.45) is 2.13. The number of primary amides is 2. The number of amides is 2. The number of nitrogens with two attached hydrogens (primary N) is 2. The lowest BCUT2D eigenvalue weighted by Crippen LogP contribution is -2.35. The second-order valence-electron chi connectivity index (χ2n) is 6.19. The highest BCUT2D eigenvalue weighted by Gasteiger charge is 2.22. The summed E-state index contributed by atoms with van der Waals surface area (Å²) in [5.41, 5.74) is 12.4. The van der Waals surface area contributed by atoms with Gasteiger partial charge in [0, 0.05) is 17.3 Å². The standard InChI is InChI=1S/C19H21N7O3/c1-3-12(15(20)27)24-19-25-17(14(16(21)28)18(26-19)29-2)23-11-6-7-13-10(9-11)5-4-8-22-13/h4-9,12H,3H2,1-2H3,(H2,20,27)(H2,21,28)(H2,23,24,25,26)/t12-/m1/s1. The Bertz CT molecular complexity index is 1070. The zero-order chi connectivity index (χ0) is 21.0. The molecule has 3 rings (SSSR count). The number of nitrogens with one attached hydrogen (secondary N) is 2. The van der Waals surface area contributed by atoms with Gasteiger partial charge in [0.25, 0.3) is 5.91 Å². The molecule has 10 heteroatoms. The van der Waals surface area contributed by atoms with Crippen molar-refractivity contribution < 1.29 is 14.3 Å². The van der Waals surface area contributed by atoms with Crippen LogP contribution >= 0.6 is 0 Å². The molecule has 0 saturated heterocycles. The third kappa shape index (κ3) is 4.32. The number of aromatic nitrogens is 3. The predicted octanol–water partition coefficient (Wildman–Crippen LogP) is 1.55. The second-order valence-corrected chi connectivity index (χ2v) is 6.19. The quantitative estimate of drug-likeness (QED) is 0.447. The summed E-state index contributed by atoms with van der Waals surface area (Å²) in [7, 11) is 1.36. The highest BCUT2D eigenvalue weighted by Crippen LogP contribution is 2.28. The molecule has 0 aliphatic rings. The van der Waals surface area contributed by atoms with Crippen LogP contribution in [0.5, 0.6) is 5.88 Å². The van der Waals surface area contributed by atoms with E-state index in [0.717, 1.165) is 10.9 Å². The molecule has 0 spiro atoms. The molecule has 0 aliphatic carbocycles. The number of fused-ring (bicyclic) bond motifs is 1. The molecule has 0 saturated carbocycles. The molecule has 10 nitrogen and oxygen atoms in total. The first-order chi connectivity index (χ1) is 13.9. The lowest BCUT2D eigenvalue weighted by Gasteiger charge is -2.17. The Morgan fingerprint density at radius 1 is 1.21 bits per heavy atom. The number of pyridine rings is 1. The highest BCUT2D eigenvalue weighted by molar-refractivity contribution is 6.01. The van der Waals surface area contributed by atoms with Gasteiger partial charge in [-0.25, -0.2) is 0 Å². The first kappa shape index (κ1) is 19.8. The van der Waals surface area contributed by atoms with Crippen molar-refractivity contribution in [2.24, 2.45) is 11.5 Å². The zero-order valence-electron chi connectivity index (χ0n) is 16.0. The van der Waals surface area contributed by atoms with Crippen LogP contribution in [0.3, 0.4) is 0 Å². The van der Waals surface area contributed by atoms with Crippen molar-refractivity contribution in [1.29, 1.82) is 0 Å². The van der Waals surface area contributed by atoms with E-state index >= 15 is 0 Å². The molecule has 1 atom stereocenters. The number of hydrogen-bond acceptors (Lipinski definition) is 8. The third-order valence-electron chi connectivity index (χ3n) is 4.24. The van der Waals surface area contributed by atoms with Gasteiger partial charge >= 0.3 is 0 Å². The second kappa shape index (κ2) is 8.38. The van der Waals surface area contributed by atoms with Crippen LogP contribution in [-0.4, -0.2) is 39.9 Å². The summed E-state index contributed by atoms with van der Waals surface area (Å²) >= 11 is 0. The summed E-state index contributed by atoms with van der Waals surface area (Å²) in [5.74, 6) is -1.14. The number of rotatable bonds is 8. The maximum atomic E-state index is 12.0. The molecule has 0 unspecified atom stereocenters. The van der Waals surface area contributed by atoms with E-state index in [9.17, 15) is 9.59 Å². The number of hydrogen-bond donors (Lipinski definition) is 4.